The molecule has 0 atom stereocenters. The van der Waals surface area contributed by atoms with Crippen molar-refractivity contribution in [2.45, 2.75) is 6.92 Å². The molecule has 0 unspecified atom stereocenters. The van der Waals surface area contributed by atoms with Crippen LogP contribution in [-0.4, -0.2) is 14.0 Å². The Labute approximate surface area is 69.1 Å². The Bertz CT molecular complexity index is 480. The number of aromatic nitrogens is 3. The van der Waals surface area contributed by atoms with Crippen molar-refractivity contribution < 1.29 is 0 Å². The first kappa shape index (κ1) is 7.09. The van der Waals surface area contributed by atoms with Crippen LogP contribution in [0, 0.1) is 6.92 Å². The molecule has 0 spiro atoms. The van der Waals surface area contributed by atoms with Crippen LogP contribution >= 0.6 is 0 Å². The monoisotopic (exact) mass is 163 g/mol. The van der Waals surface area contributed by atoms with Crippen LogP contribution in [0.3, 0.4) is 0 Å². The Kier molecular flexibility index (Phi) is 1.30. The Morgan fingerprint density at radius 1 is 1.42 bits per heavy atom. The number of fused-ring (bicyclic) bond motifs is 1. The van der Waals surface area contributed by atoms with E-state index in [0.717, 1.165) is 5.69 Å². The first-order chi connectivity index (χ1) is 5.68. The van der Waals surface area contributed by atoms with E-state index in [1.807, 2.05) is 24.7 Å². The van der Waals surface area contributed by atoms with E-state index in [1.165, 1.54) is 10.5 Å². The van der Waals surface area contributed by atoms with E-state index in [2.05, 4.69) is 4.98 Å². The minimum Gasteiger partial charge on any atom is -0.320 e. The molecule has 2 heterocycles. The van der Waals surface area contributed by atoms with Gasteiger partial charge in [-0.2, -0.15) is 0 Å². The Morgan fingerprint density at radius 2 is 2.17 bits per heavy atom. The molecule has 2 rings (SSSR count). The maximum atomic E-state index is 11.3. The van der Waals surface area contributed by atoms with Gasteiger partial charge >= 0.3 is 0 Å². The third kappa shape index (κ3) is 0.845. The zero-order valence-corrected chi connectivity index (χ0v) is 6.98. The highest BCUT2D eigenvalue weighted by Gasteiger charge is 2.00. The highest BCUT2D eigenvalue weighted by atomic mass is 16.1. The van der Waals surface area contributed by atoms with E-state index in [4.69, 9.17) is 0 Å². The van der Waals surface area contributed by atoms with E-state index in [0.29, 0.717) is 5.78 Å². The molecule has 0 saturated heterocycles. The minimum atomic E-state index is -0.0295. The first-order valence-electron chi connectivity index (χ1n) is 3.70. The average Bonchev–Trinajstić information content (AvgIpc) is 2.33. The molecule has 0 aliphatic rings. The summed E-state index contributed by atoms with van der Waals surface area (Å²) in [5, 5.41) is 0. The Hall–Kier alpha value is -1.58. The molecular weight excluding hydrogens is 154 g/mol. The number of hydrogen-bond donors (Lipinski definition) is 0. The molecule has 0 aliphatic carbocycles. The molecule has 2 aromatic rings. The first-order valence-corrected chi connectivity index (χ1v) is 3.70. The van der Waals surface area contributed by atoms with Gasteiger partial charge in [-0.25, -0.2) is 4.98 Å². The number of nitrogens with zero attached hydrogens (tertiary/aromatic N) is 3. The van der Waals surface area contributed by atoms with Crippen LogP contribution in [0.2, 0.25) is 0 Å². The molecular formula is C8H9N3O. The maximum absolute atomic E-state index is 11.3. The second-order valence-corrected chi connectivity index (χ2v) is 2.81. The average molecular weight is 163 g/mol. The largest absolute Gasteiger partial charge is 0.320 e. The molecule has 0 aromatic carbocycles. The molecule has 62 valence electrons. The lowest BCUT2D eigenvalue weighted by molar-refractivity contribution is 0.903. The fourth-order valence-electron chi connectivity index (χ4n) is 1.21. The quantitative estimate of drug-likeness (QED) is 0.562. The van der Waals surface area contributed by atoms with Gasteiger partial charge in [-0.1, -0.05) is 0 Å². The number of imidazole rings is 1. The third-order valence-corrected chi connectivity index (χ3v) is 1.82. The standard InChI is InChI=1S/C8H9N3O/c1-6-5-7(12)11-4-3-10(2)8(11)9-6/h3-5H,1-2H3. The van der Waals surface area contributed by atoms with Crippen LogP contribution in [0.5, 0.6) is 0 Å². The molecule has 12 heavy (non-hydrogen) atoms. The topological polar surface area (TPSA) is 39.3 Å². The predicted molar refractivity (Wildman–Crippen MR) is 45.2 cm³/mol. The lowest BCUT2D eigenvalue weighted by Gasteiger charge is -1.96. The van der Waals surface area contributed by atoms with Gasteiger partial charge < -0.3 is 4.57 Å². The molecule has 0 bridgehead atoms. The third-order valence-electron chi connectivity index (χ3n) is 1.82. The molecule has 0 amide bonds. The van der Waals surface area contributed by atoms with E-state index in [1.54, 1.807) is 6.20 Å². The van der Waals surface area contributed by atoms with Gasteiger partial charge in [-0.05, 0) is 6.92 Å². The summed E-state index contributed by atoms with van der Waals surface area (Å²) in [5.41, 5.74) is 0.722. The van der Waals surface area contributed by atoms with Crippen molar-refractivity contribution >= 4 is 5.78 Å². The van der Waals surface area contributed by atoms with Crippen LogP contribution in [0.25, 0.3) is 5.78 Å². The Morgan fingerprint density at radius 3 is 2.92 bits per heavy atom. The second kappa shape index (κ2) is 2.20. The molecule has 2 aromatic heterocycles. The summed E-state index contributed by atoms with van der Waals surface area (Å²) in [4.78, 5) is 15.5. The van der Waals surface area contributed by atoms with Gasteiger partial charge in [0.05, 0.1) is 0 Å². The summed E-state index contributed by atoms with van der Waals surface area (Å²) in [6, 6.07) is 1.52. The van der Waals surface area contributed by atoms with Gasteiger partial charge in [0, 0.05) is 31.2 Å². The number of hydrogen-bond acceptors (Lipinski definition) is 2. The predicted octanol–water partition coefficient (Wildman–Crippen LogP) is 0.341. The van der Waals surface area contributed by atoms with Gasteiger partial charge in [0.2, 0.25) is 5.78 Å². The molecule has 4 nitrogen and oxygen atoms in total. The minimum absolute atomic E-state index is 0.0295. The van der Waals surface area contributed by atoms with Crippen molar-refractivity contribution in [1.29, 1.82) is 0 Å². The lowest BCUT2D eigenvalue weighted by atomic mass is 10.4. The summed E-state index contributed by atoms with van der Waals surface area (Å²) in [7, 11) is 1.86. The molecule has 0 fully saturated rings. The van der Waals surface area contributed by atoms with Crippen molar-refractivity contribution in [3.8, 4) is 0 Å². The lowest BCUT2D eigenvalue weighted by Crippen LogP contribution is -2.13. The molecule has 0 radical (unpaired) electrons. The zero-order valence-electron chi connectivity index (χ0n) is 6.98. The fourth-order valence-corrected chi connectivity index (χ4v) is 1.21. The van der Waals surface area contributed by atoms with Crippen LogP contribution < -0.4 is 5.56 Å². The summed E-state index contributed by atoms with van der Waals surface area (Å²) in [6.07, 6.45) is 3.52. The number of rotatable bonds is 0. The second-order valence-electron chi connectivity index (χ2n) is 2.81. The van der Waals surface area contributed by atoms with Crippen LogP contribution in [-0.2, 0) is 7.05 Å². The normalized spacial score (nSPS) is 10.8. The maximum Gasteiger partial charge on any atom is 0.259 e. The fraction of sp³-hybridized carbons (Fsp3) is 0.250. The van der Waals surface area contributed by atoms with Crippen molar-refractivity contribution in [1.82, 2.24) is 14.0 Å². The van der Waals surface area contributed by atoms with E-state index < -0.39 is 0 Å². The van der Waals surface area contributed by atoms with Crippen molar-refractivity contribution in [3.05, 3.63) is 34.5 Å². The van der Waals surface area contributed by atoms with Crippen LogP contribution in [0.15, 0.2) is 23.3 Å². The molecule has 0 N–H and O–H groups in total. The van der Waals surface area contributed by atoms with E-state index in [-0.39, 0.29) is 5.56 Å². The highest BCUT2D eigenvalue weighted by molar-refractivity contribution is 5.30. The van der Waals surface area contributed by atoms with Gasteiger partial charge in [0.1, 0.15) is 0 Å². The van der Waals surface area contributed by atoms with Crippen molar-refractivity contribution in [2.24, 2.45) is 7.05 Å². The number of aryl methyl sites for hydroxylation is 2. The van der Waals surface area contributed by atoms with Gasteiger partial charge in [0.25, 0.3) is 5.56 Å². The van der Waals surface area contributed by atoms with Gasteiger partial charge in [-0.3, -0.25) is 9.20 Å². The van der Waals surface area contributed by atoms with Crippen LogP contribution in [0.1, 0.15) is 5.69 Å². The zero-order chi connectivity index (χ0) is 8.72. The summed E-state index contributed by atoms with van der Waals surface area (Å²) >= 11 is 0. The van der Waals surface area contributed by atoms with Crippen molar-refractivity contribution in [2.75, 3.05) is 0 Å². The van der Waals surface area contributed by atoms with Crippen molar-refractivity contribution in [3.63, 3.8) is 0 Å². The van der Waals surface area contributed by atoms with Crippen LogP contribution in [0.4, 0.5) is 0 Å². The van der Waals surface area contributed by atoms with Gasteiger partial charge in [0.15, 0.2) is 0 Å². The highest BCUT2D eigenvalue weighted by Crippen LogP contribution is 1.97. The molecule has 4 heteroatoms. The summed E-state index contributed by atoms with van der Waals surface area (Å²) in [6.45, 7) is 1.81. The Balaban J connectivity index is 3.03. The SMILES string of the molecule is Cc1cc(=O)n2ccn(C)c2n1. The van der Waals surface area contributed by atoms with E-state index >= 15 is 0 Å². The van der Waals surface area contributed by atoms with E-state index in [9.17, 15) is 4.79 Å². The summed E-state index contributed by atoms with van der Waals surface area (Å²) in [5.74, 6) is 0.681. The summed E-state index contributed by atoms with van der Waals surface area (Å²) < 4.78 is 3.33. The smallest absolute Gasteiger partial charge is 0.259 e. The molecule has 0 saturated carbocycles. The molecule has 0 aliphatic heterocycles. The van der Waals surface area contributed by atoms with Gasteiger partial charge in [-0.15, -0.1) is 0 Å².